The number of hydrogen-bond donors (Lipinski definition) is 1. The molecule has 0 fully saturated rings. The second-order valence-corrected chi connectivity index (χ2v) is 5.80. The molecular weight excluding hydrogens is 308 g/mol. The maximum absolute atomic E-state index is 5.65. The summed E-state index contributed by atoms with van der Waals surface area (Å²) in [7, 11) is 0. The minimum Gasteiger partial charge on any atom is -0.375 e. The van der Waals surface area contributed by atoms with Crippen LogP contribution in [0.3, 0.4) is 0 Å². The van der Waals surface area contributed by atoms with Crippen LogP contribution in [0.25, 0.3) is 5.65 Å². The van der Waals surface area contributed by atoms with E-state index in [9.17, 15) is 0 Å². The van der Waals surface area contributed by atoms with E-state index in [4.69, 9.17) is 4.74 Å². The molecule has 0 aromatic carbocycles. The second-order valence-electron chi connectivity index (χ2n) is 4.98. The molecule has 0 saturated heterocycles. The smallest absolute Gasteiger partial charge is 0.155 e. The number of aromatic nitrogens is 3. The van der Waals surface area contributed by atoms with E-state index in [0.717, 1.165) is 35.6 Å². The largest absolute Gasteiger partial charge is 0.375 e. The van der Waals surface area contributed by atoms with Crippen molar-refractivity contribution >= 4 is 21.6 Å². The van der Waals surface area contributed by atoms with E-state index in [0.29, 0.717) is 0 Å². The number of ether oxygens (including phenoxy) is 1. The number of rotatable bonds is 6. The molecule has 0 aliphatic rings. The third-order valence-corrected chi connectivity index (χ3v) is 3.24. The highest BCUT2D eigenvalue weighted by atomic mass is 79.9. The number of imidazole rings is 1. The lowest BCUT2D eigenvalue weighted by atomic mass is 10.1. The molecule has 2 aromatic rings. The van der Waals surface area contributed by atoms with Crippen LogP contribution in [0.5, 0.6) is 0 Å². The molecule has 1 N–H and O–H groups in total. The fourth-order valence-corrected chi connectivity index (χ4v) is 2.29. The first-order valence-electron chi connectivity index (χ1n) is 6.34. The average Bonchev–Trinajstić information content (AvgIpc) is 2.71. The third kappa shape index (κ3) is 3.75. The fourth-order valence-electron chi connectivity index (χ4n) is 1.98. The summed E-state index contributed by atoms with van der Waals surface area (Å²) in [6, 6.07) is 0. The van der Waals surface area contributed by atoms with Crippen molar-refractivity contribution in [3.63, 3.8) is 0 Å². The Morgan fingerprint density at radius 3 is 2.89 bits per heavy atom. The van der Waals surface area contributed by atoms with Gasteiger partial charge in [-0.2, -0.15) is 0 Å². The Balaban J connectivity index is 2.00. The molecule has 0 aliphatic carbocycles. The summed E-state index contributed by atoms with van der Waals surface area (Å²) >= 11 is 3.37. The summed E-state index contributed by atoms with van der Waals surface area (Å²) in [6.07, 6.45) is 5.54. The molecule has 5 nitrogen and oxygen atoms in total. The molecule has 0 unspecified atom stereocenters. The lowest BCUT2D eigenvalue weighted by Gasteiger charge is -2.24. The van der Waals surface area contributed by atoms with Crippen molar-refractivity contribution in [2.45, 2.75) is 32.9 Å². The molecule has 0 bridgehead atoms. The standard InChI is InChI=1S/C13H19BrN4O/c1-4-19-13(2,3)9-15-5-10-6-17-12-7-16-11(14)8-18(10)12/h6-8,15H,4-5,9H2,1-3H3. The Morgan fingerprint density at radius 2 is 2.16 bits per heavy atom. The summed E-state index contributed by atoms with van der Waals surface area (Å²) in [5, 5.41) is 3.40. The predicted octanol–water partition coefficient (Wildman–Crippen LogP) is 2.40. The fraction of sp³-hybridized carbons (Fsp3) is 0.538. The minimum absolute atomic E-state index is 0.155. The first-order valence-corrected chi connectivity index (χ1v) is 7.13. The maximum atomic E-state index is 5.65. The summed E-state index contributed by atoms with van der Waals surface area (Å²) in [6.45, 7) is 8.44. The van der Waals surface area contributed by atoms with Crippen LogP contribution in [0.4, 0.5) is 0 Å². The van der Waals surface area contributed by atoms with Gasteiger partial charge < -0.3 is 10.1 Å². The molecule has 2 heterocycles. The van der Waals surface area contributed by atoms with Gasteiger partial charge in [-0.15, -0.1) is 0 Å². The van der Waals surface area contributed by atoms with E-state index >= 15 is 0 Å². The Hall–Kier alpha value is -0.980. The van der Waals surface area contributed by atoms with Crippen LogP contribution in [0.2, 0.25) is 0 Å². The van der Waals surface area contributed by atoms with E-state index in [2.05, 4.69) is 45.1 Å². The van der Waals surface area contributed by atoms with Crippen molar-refractivity contribution in [2.75, 3.05) is 13.2 Å². The molecule has 0 atom stereocenters. The van der Waals surface area contributed by atoms with E-state index in [1.165, 1.54) is 0 Å². The summed E-state index contributed by atoms with van der Waals surface area (Å²) < 4.78 is 8.48. The molecule has 2 aromatic heterocycles. The van der Waals surface area contributed by atoms with Gasteiger partial charge >= 0.3 is 0 Å². The first-order chi connectivity index (χ1) is 9.02. The highest BCUT2D eigenvalue weighted by molar-refractivity contribution is 9.10. The van der Waals surface area contributed by atoms with Gasteiger partial charge in [0.1, 0.15) is 4.60 Å². The molecule has 0 amide bonds. The Bertz CT molecular complexity index is 553. The van der Waals surface area contributed by atoms with Gasteiger partial charge in [0.25, 0.3) is 0 Å². The zero-order valence-electron chi connectivity index (χ0n) is 11.5. The highest BCUT2D eigenvalue weighted by Crippen LogP contribution is 2.11. The van der Waals surface area contributed by atoms with Gasteiger partial charge in [0, 0.05) is 25.9 Å². The Labute approximate surface area is 121 Å². The molecule has 0 spiro atoms. The molecule has 6 heteroatoms. The normalized spacial score (nSPS) is 12.2. The van der Waals surface area contributed by atoms with E-state index in [1.54, 1.807) is 6.20 Å². The van der Waals surface area contributed by atoms with Crippen LogP contribution in [0.15, 0.2) is 23.2 Å². The average molecular weight is 327 g/mol. The van der Waals surface area contributed by atoms with Gasteiger partial charge in [-0.05, 0) is 36.7 Å². The summed E-state index contributed by atoms with van der Waals surface area (Å²) in [5.74, 6) is 0. The van der Waals surface area contributed by atoms with Crippen LogP contribution >= 0.6 is 15.9 Å². The van der Waals surface area contributed by atoms with E-state index in [1.807, 2.05) is 23.7 Å². The van der Waals surface area contributed by atoms with Gasteiger partial charge in [0.05, 0.1) is 23.7 Å². The highest BCUT2D eigenvalue weighted by Gasteiger charge is 2.16. The van der Waals surface area contributed by atoms with Crippen LogP contribution in [0.1, 0.15) is 26.5 Å². The van der Waals surface area contributed by atoms with Gasteiger partial charge in [0.15, 0.2) is 5.65 Å². The molecule has 0 radical (unpaired) electrons. The second kappa shape index (κ2) is 5.98. The number of nitrogens with one attached hydrogen (secondary N) is 1. The lowest BCUT2D eigenvalue weighted by Crippen LogP contribution is -2.37. The number of halogens is 1. The summed E-state index contributed by atoms with van der Waals surface area (Å²) in [4.78, 5) is 8.48. The zero-order valence-corrected chi connectivity index (χ0v) is 13.1. The minimum atomic E-state index is -0.155. The monoisotopic (exact) mass is 326 g/mol. The first kappa shape index (κ1) is 14.4. The molecule has 2 rings (SSSR count). The lowest BCUT2D eigenvalue weighted by molar-refractivity contribution is -0.00902. The van der Waals surface area contributed by atoms with Crippen LogP contribution in [-0.2, 0) is 11.3 Å². The molecule has 104 valence electrons. The van der Waals surface area contributed by atoms with Gasteiger partial charge in [-0.25, -0.2) is 9.97 Å². The molecular formula is C13H19BrN4O. The van der Waals surface area contributed by atoms with Gasteiger partial charge in [0.2, 0.25) is 0 Å². The van der Waals surface area contributed by atoms with Crippen molar-refractivity contribution in [1.29, 1.82) is 0 Å². The molecule has 19 heavy (non-hydrogen) atoms. The van der Waals surface area contributed by atoms with Crippen molar-refractivity contribution in [1.82, 2.24) is 19.7 Å². The number of hydrogen-bond acceptors (Lipinski definition) is 4. The predicted molar refractivity (Wildman–Crippen MR) is 78.1 cm³/mol. The van der Waals surface area contributed by atoms with Gasteiger partial charge in [-0.1, -0.05) is 0 Å². The van der Waals surface area contributed by atoms with Crippen molar-refractivity contribution in [2.24, 2.45) is 0 Å². The number of fused-ring (bicyclic) bond motifs is 1. The van der Waals surface area contributed by atoms with Crippen molar-refractivity contribution < 1.29 is 4.74 Å². The third-order valence-electron chi connectivity index (χ3n) is 2.83. The molecule has 0 saturated carbocycles. The van der Waals surface area contributed by atoms with Crippen molar-refractivity contribution in [3.05, 3.63) is 28.9 Å². The van der Waals surface area contributed by atoms with E-state index < -0.39 is 0 Å². The Kier molecular flexibility index (Phi) is 4.54. The number of nitrogens with zero attached hydrogens (tertiary/aromatic N) is 3. The van der Waals surface area contributed by atoms with Crippen molar-refractivity contribution in [3.8, 4) is 0 Å². The topological polar surface area (TPSA) is 51.5 Å². The maximum Gasteiger partial charge on any atom is 0.155 e. The van der Waals surface area contributed by atoms with Crippen LogP contribution in [0, 0.1) is 0 Å². The Morgan fingerprint density at radius 1 is 1.37 bits per heavy atom. The SMILES string of the molecule is CCOC(C)(C)CNCc1cnc2cnc(Br)cn12. The van der Waals surface area contributed by atoms with Crippen LogP contribution in [-0.4, -0.2) is 33.1 Å². The van der Waals surface area contributed by atoms with Gasteiger partial charge in [-0.3, -0.25) is 4.40 Å². The van der Waals surface area contributed by atoms with E-state index in [-0.39, 0.29) is 5.60 Å². The molecule has 0 aliphatic heterocycles. The van der Waals surface area contributed by atoms with Crippen LogP contribution < -0.4 is 5.32 Å². The quantitative estimate of drug-likeness (QED) is 0.885. The summed E-state index contributed by atoms with van der Waals surface area (Å²) in [5.41, 5.74) is 1.80. The zero-order chi connectivity index (χ0) is 13.9.